The summed E-state index contributed by atoms with van der Waals surface area (Å²) in [7, 11) is 0. The number of rotatable bonds is 3. The molecule has 1 unspecified atom stereocenters. The molecule has 0 aromatic heterocycles. The van der Waals surface area contributed by atoms with E-state index in [9.17, 15) is 9.59 Å². The largest absolute Gasteiger partial charge is 0.351 e. The number of carbonyl (C=O) groups excluding carboxylic acids is 2. The molecule has 1 atom stereocenters. The second-order valence-corrected chi connectivity index (χ2v) is 8.70. The van der Waals surface area contributed by atoms with Gasteiger partial charge in [0, 0.05) is 17.0 Å². The van der Waals surface area contributed by atoms with Crippen molar-refractivity contribution in [2.45, 2.75) is 19.3 Å². The van der Waals surface area contributed by atoms with Crippen LogP contribution in [0.25, 0.3) is 0 Å². The minimum atomic E-state index is -0.576. The lowest BCUT2D eigenvalue weighted by Crippen LogP contribution is -2.45. The van der Waals surface area contributed by atoms with Gasteiger partial charge >= 0.3 is 6.03 Å². The zero-order valence-corrected chi connectivity index (χ0v) is 19.1. The van der Waals surface area contributed by atoms with Gasteiger partial charge in [-0.25, -0.2) is 14.7 Å². The van der Waals surface area contributed by atoms with Gasteiger partial charge in [0.25, 0.3) is 0 Å². The van der Waals surface area contributed by atoms with Crippen LogP contribution >= 0.6 is 23.2 Å². The van der Waals surface area contributed by atoms with Gasteiger partial charge in [-0.1, -0.05) is 65.7 Å². The Morgan fingerprint density at radius 3 is 2.03 bits per heavy atom. The molecular formula is C25H21Cl2N3O2. The lowest BCUT2D eigenvalue weighted by Gasteiger charge is -2.28. The predicted octanol–water partition coefficient (Wildman–Crippen LogP) is 6.14. The zero-order valence-electron chi connectivity index (χ0n) is 17.6. The van der Waals surface area contributed by atoms with Crippen LogP contribution in [0.5, 0.6) is 0 Å². The average molecular weight is 466 g/mol. The summed E-state index contributed by atoms with van der Waals surface area (Å²) in [5.74, 6) is -0.408. The standard InChI is InChI=1S/C25H21Cl2N3O2/c1-17(31)30(22-14-12-21(27)13-15-22)24(32)29-16-25(2,19-6-4-3-5-7-19)23(28-29)18-8-10-20(26)11-9-18/h3-15H,16H2,1-2H3. The van der Waals surface area contributed by atoms with Crippen LogP contribution in [0.2, 0.25) is 10.0 Å². The lowest BCUT2D eigenvalue weighted by molar-refractivity contribution is -0.116. The molecule has 5 nitrogen and oxygen atoms in total. The van der Waals surface area contributed by atoms with Gasteiger partial charge in [-0.05, 0) is 54.4 Å². The van der Waals surface area contributed by atoms with Crippen LogP contribution in [0.1, 0.15) is 25.0 Å². The van der Waals surface area contributed by atoms with Crippen LogP contribution in [-0.4, -0.2) is 29.2 Å². The summed E-state index contributed by atoms with van der Waals surface area (Å²) in [6, 6.07) is 23.3. The van der Waals surface area contributed by atoms with Crippen molar-refractivity contribution in [2.24, 2.45) is 5.10 Å². The molecule has 0 aliphatic carbocycles. The highest BCUT2D eigenvalue weighted by Gasteiger charge is 2.44. The highest BCUT2D eigenvalue weighted by atomic mass is 35.5. The van der Waals surface area contributed by atoms with Crippen molar-refractivity contribution in [3.63, 3.8) is 0 Å². The summed E-state index contributed by atoms with van der Waals surface area (Å²) >= 11 is 12.1. The van der Waals surface area contributed by atoms with Crippen LogP contribution in [0.15, 0.2) is 84.0 Å². The van der Waals surface area contributed by atoms with Gasteiger partial charge in [-0.2, -0.15) is 5.10 Å². The molecule has 7 heteroatoms. The van der Waals surface area contributed by atoms with Crippen molar-refractivity contribution in [3.8, 4) is 0 Å². The van der Waals surface area contributed by atoms with Crippen LogP contribution in [0, 0.1) is 0 Å². The average Bonchev–Trinajstić information content (AvgIpc) is 3.15. The fourth-order valence-electron chi connectivity index (χ4n) is 3.90. The van der Waals surface area contributed by atoms with E-state index >= 15 is 0 Å². The lowest BCUT2D eigenvalue weighted by atomic mass is 9.76. The molecule has 1 aliphatic heterocycles. The molecule has 0 bridgehead atoms. The van der Waals surface area contributed by atoms with Crippen LogP contribution < -0.4 is 4.90 Å². The number of halogens is 2. The molecule has 0 spiro atoms. The predicted molar refractivity (Wildman–Crippen MR) is 128 cm³/mol. The zero-order chi connectivity index (χ0) is 22.9. The van der Waals surface area contributed by atoms with Crippen LogP contribution in [0.3, 0.4) is 0 Å². The Hall–Kier alpha value is -3.15. The van der Waals surface area contributed by atoms with E-state index in [2.05, 4.69) is 0 Å². The van der Waals surface area contributed by atoms with Crippen molar-refractivity contribution >= 4 is 46.5 Å². The number of hydrazone groups is 1. The molecule has 1 heterocycles. The number of amides is 3. The molecule has 1 aliphatic rings. The topological polar surface area (TPSA) is 53.0 Å². The molecule has 0 N–H and O–H groups in total. The van der Waals surface area contributed by atoms with Crippen molar-refractivity contribution in [1.29, 1.82) is 0 Å². The van der Waals surface area contributed by atoms with E-state index in [0.29, 0.717) is 15.7 Å². The molecule has 3 aromatic rings. The Labute approximate surface area is 196 Å². The van der Waals surface area contributed by atoms with E-state index in [-0.39, 0.29) is 6.54 Å². The van der Waals surface area contributed by atoms with E-state index in [1.807, 2.05) is 49.4 Å². The number of hydrogen-bond acceptors (Lipinski definition) is 3. The summed E-state index contributed by atoms with van der Waals surface area (Å²) in [5, 5.41) is 7.19. The molecule has 3 aromatic carbocycles. The Morgan fingerprint density at radius 1 is 0.906 bits per heavy atom. The number of urea groups is 1. The number of anilines is 1. The highest BCUT2D eigenvalue weighted by Crippen LogP contribution is 2.36. The van der Waals surface area contributed by atoms with Gasteiger partial charge in [0.15, 0.2) is 0 Å². The van der Waals surface area contributed by atoms with Crippen molar-refractivity contribution in [3.05, 3.63) is 100 Å². The van der Waals surface area contributed by atoms with Crippen molar-refractivity contribution in [2.75, 3.05) is 11.4 Å². The number of carbonyl (C=O) groups is 2. The molecule has 0 fully saturated rings. The second kappa shape index (κ2) is 8.77. The number of hydrogen-bond donors (Lipinski definition) is 0. The van der Waals surface area contributed by atoms with E-state index in [1.165, 1.54) is 11.9 Å². The van der Waals surface area contributed by atoms with Crippen molar-refractivity contribution < 1.29 is 9.59 Å². The summed E-state index contributed by atoms with van der Waals surface area (Å²) in [6.45, 7) is 3.68. The maximum absolute atomic E-state index is 13.5. The Kier molecular flexibility index (Phi) is 6.04. The smallest absolute Gasteiger partial charge is 0.274 e. The van der Waals surface area contributed by atoms with E-state index in [0.717, 1.165) is 21.7 Å². The third kappa shape index (κ3) is 4.14. The molecule has 162 valence electrons. The van der Waals surface area contributed by atoms with Crippen molar-refractivity contribution in [1.82, 2.24) is 5.01 Å². The molecule has 3 amide bonds. The van der Waals surface area contributed by atoms with Crippen LogP contribution in [-0.2, 0) is 10.2 Å². The Bertz CT molecular complexity index is 1180. The first-order valence-electron chi connectivity index (χ1n) is 10.1. The van der Waals surface area contributed by atoms with Gasteiger partial charge in [0.05, 0.1) is 23.4 Å². The maximum Gasteiger partial charge on any atom is 0.351 e. The summed E-state index contributed by atoms with van der Waals surface area (Å²) in [4.78, 5) is 27.0. The number of imide groups is 1. The minimum absolute atomic E-state index is 0.283. The monoisotopic (exact) mass is 465 g/mol. The SMILES string of the molecule is CC(=O)N(C(=O)N1CC(C)(c2ccccc2)C(c2ccc(Cl)cc2)=N1)c1ccc(Cl)cc1. The molecular weight excluding hydrogens is 445 g/mol. The van der Waals surface area contributed by atoms with Gasteiger partial charge in [0.2, 0.25) is 5.91 Å². The van der Waals surface area contributed by atoms with E-state index < -0.39 is 17.4 Å². The fourth-order valence-corrected chi connectivity index (χ4v) is 4.15. The van der Waals surface area contributed by atoms with Gasteiger partial charge < -0.3 is 0 Å². The first-order valence-corrected chi connectivity index (χ1v) is 10.8. The van der Waals surface area contributed by atoms with E-state index in [1.54, 1.807) is 36.4 Å². The summed E-state index contributed by atoms with van der Waals surface area (Å²) in [6.07, 6.45) is 0. The third-order valence-corrected chi connectivity index (χ3v) is 6.05. The minimum Gasteiger partial charge on any atom is -0.274 e. The molecule has 32 heavy (non-hydrogen) atoms. The Morgan fingerprint density at radius 2 is 1.47 bits per heavy atom. The third-order valence-electron chi connectivity index (χ3n) is 5.55. The molecule has 0 saturated carbocycles. The normalized spacial score (nSPS) is 17.8. The van der Waals surface area contributed by atoms with E-state index in [4.69, 9.17) is 28.3 Å². The summed E-state index contributed by atoms with van der Waals surface area (Å²) in [5.41, 5.74) is 2.46. The first kappa shape index (κ1) is 22.1. The highest BCUT2D eigenvalue weighted by molar-refractivity contribution is 6.31. The quantitative estimate of drug-likeness (QED) is 0.465. The first-order chi connectivity index (χ1) is 15.3. The molecule has 0 radical (unpaired) electrons. The second-order valence-electron chi connectivity index (χ2n) is 7.82. The maximum atomic E-state index is 13.5. The number of benzene rings is 3. The van der Waals surface area contributed by atoms with Gasteiger partial charge in [-0.3, -0.25) is 4.79 Å². The van der Waals surface area contributed by atoms with Gasteiger partial charge in [0.1, 0.15) is 0 Å². The number of nitrogens with zero attached hydrogens (tertiary/aromatic N) is 3. The van der Waals surface area contributed by atoms with Crippen LogP contribution in [0.4, 0.5) is 10.5 Å². The van der Waals surface area contributed by atoms with Gasteiger partial charge in [-0.15, -0.1) is 0 Å². The summed E-state index contributed by atoms with van der Waals surface area (Å²) < 4.78 is 0. The molecule has 4 rings (SSSR count). The molecule has 0 saturated heterocycles. The fraction of sp³-hybridized carbons (Fsp3) is 0.160. The Balaban J connectivity index is 1.77.